The molecule has 0 saturated carbocycles. The first-order valence-corrected chi connectivity index (χ1v) is 6.75. The van der Waals surface area contributed by atoms with Gasteiger partial charge in [0.1, 0.15) is 10.8 Å². The molecule has 1 aromatic heterocycles. The molecule has 0 aliphatic carbocycles. The van der Waals surface area contributed by atoms with Crippen molar-refractivity contribution in [3.63, 3.8) is 0 Å². The highest BCUT2D eigenvalue weighted by atomic mass is 79.9. The monoisotopic (exact) mass is 309 g/mol. The maximum absolute atomic E-state index is 5.32. The van der Waals surface area contributed by atoms with Crippen LogP contribution >= 0.6 is 27.7 Å². The van der Waals surface area contributed by atoms with Gasteiger partial charge in [0.25, 0.3) is 0 Å². The first-order valence-electron chi connectivity index (χ1n) is 5.14. The summed E-state index contributed by atoms with van der Waals surface area (Å²) in [7, 11) is 1.68. The minimum Gasteiger partial charge on any atom is -0.496 e. The first kappa shape index (κ1) is 12.5. The molecule has 4 heteroatoms. The summed E-state index contributed by atoms with van der Waals surface area (Å²) in [4.78, 5) is 5.43. The molecule has 2 aromatic rings. The van der Waals surface area contributed by atoms with E-state index in [1.54, 1.807) is 18.9 Å². The summed E-state index contributed by atoms with van der Waals surface area (Å²) >= 11 is 5.16. The molecule has 88 valence electrons. The van der Waals surface area contributed by atoms with Crippen molar-refractivity contribution in [2.75, 3.05) is 7.11 Å². The van der Waals surface area contributed by atoms with Crippen molar-refractivity contribution in [1.82, 2.24) is 4.98 Å². The van der Waals surface area contributed by atoms with Crippen LogP contribution in [0.2, 0.25) is 0 Å². The molecule has 0 aliphatic heterocycles. The van der Waals surface area contributed by atoms with E-state index in [0.717, 1.165) is 20.1 Å². The number of aromatic nitrogens is 1. The van der Waals surface area contributed by atoms with Gasteiger partial charge in [0.15, 0.2) is 0 Å². The highest BCUT2D eigenvalue weighted by molar-refractivity contribution is 9.10. The van der Waals surface area contributed by atoms with E-state index < -0.39 is 0 Å². The van der Waals surface area contributed by atoms with Gasteiger partial charge in [-0.1, -0.05) is 23.9 Å². The summed E-state index contributed by atoms with van der Waals surface area (Å²) in [5.74, 6) is 0.868. The second-order valence-electron chi connectivity index (χ2n) is 3.50. The number of aryl methyl sites for hydroxylation is 1. The number of benzene rings is 1. The Hall–Kier alpha value is -1.00. The van der Waals surface area contributed by atoms with E-state index in [0.29, 0.717) is 0 Å². The molecule has 17 heavy (non-hydrogen) atoms. The van der Waals surface area contributed by atoms with Crippen LogP contribution < -0.4 is 4.74 Å². The predicted molar refractivity (Wildman–Crippen MR) is 73.8 cm³/mol. The molecule has 0 unspecified atom stereocenters. The van der Waals surface area contributed by atoms with Gasteiger partial charge in [0.2, 0.25) is 0 Å². The fraction of sp³-hybridized carbons (Fsp3) is 0.154. The number of hydrogen-bond donors (Lipinski definition) is 0. The second kappa shape index (κ2) is 5.56. The number of methoxy groups -OCH3 is 1. The van der Waals surface area contributed by atoms with Gasteiger partial charge in [0, 0.05) is 6.20 Å². The summed E-state index contributed by atoms with van der Waals surface area (Å²) in [5.41, 5.74) is 1.18. The molecule has 2 rings (SSSR count). The van der Waals surface area contributed by atoms with Crippen LogP contribution in [0, 0.1) is 6.92 Å². The van der Waals surface area contributed by atoms with Crippen molar-refractivity contribution >= 4 is 27.7 Å². The number of pyridine rings is 1. The Morgan fingerprint density at radius 1 is 1.24 bits per heavy atom. The first-order chi connectivity index (χ1) is 8.22. The lowest BCUT2D eigenvalue weighted by atomic mass is 10.3. The van der Waals surface area contributed by atoms with Gasteiger partial charge in [-0.3, -0.25) is 0 Å². The zero-order chi connectivity index (χ0) is 12.3. The normalized spacial score (nSPS) is 10.3. The Bertz CT molecular complexity index is 531. The Labute approximate surface area is 114 Å². The lowest BCUT2D eigenvalue weighted by Crippen LogP contribution is -1.88. The molecule has 0 N–H and O–H groups in total. The summed E-state index contributed by atoms with van der Waals surface area (Å²) in [6, 6.07) is 9.92. The van der Waals surface area contributed by atoms with Crippen molar-refractivity contribution in [3.05, 3.63) is 46.6 Å². The predicted octanol–water partition coefficient (Wildman–Crippen LogP) is 4.31. The third kappa shape index (κ3) is 2.82. The number of para-hydroxylation sites is 1. The number of ether oxygens (including phenoxy) is 1. The molecule has 0 aliphatic rings. The van der Waals surface area contributed by atoms with Gasteiger partial charge in [-0.25, -0.2) is 4.98 Å². The Morgan fingerprint density at radius 2 is 2.00 bits per heavy atom. The van der Waals surface area contributed by atoms with Gasteiger partial charge in [-0.05, 0) is 46.6 Å². The van der Waals surface area contributed by atoms with E-state index >= 15 is 0 Å². The van der Waals surface area contributed by atoms with Crippen LogP contribution in [0.1, 0.15) is 5.56 Å². The van der Waals surface area contributed by atoms with Crippen LogP contribution in [0.25, 0.3) is 0 Å². The smallest absolute Gasteiger partial charge is 0.132 e. The van der Waals surface area contributed by atoms with Crippen LogP contribution in [-0.4, -0.2) is 12.1 Å². The van der Waals surface area contributed by atoms with Gasteiger partial charge in [-0.2, -0.15) is 0 Å². The second-order valence-corrected chi connectivity index (χ2v) is 5.32. The summed E-state index contributed by atoms with van der Waals surface area (Å²) < 4.78 is 6.36. The average molecular weight is 310 g/mol. The quantitative estimate of drug-likeness (QED) is 0.843. The fourth-order valence-electron chi connectivity index (χ4n) is 1.39. The number of nitrogens with zero attached hydrogens (tertiary/aromatic N) is 1. The largest absolute Gasteiger partial charge is 0.496 e. The Kier molecular flexibility index (Phi) is 4.07. The highest BCUT2D eigenvalue weighted by Crippen LogP contribution is 2.37. The van der Waals surface area contributed by atoms with Crippen LogP contribution in [0.3, 0.4) is 0 Å². The van der Waals surface area contributed by atoms with Crippen molar-refractivity contribution in [2.24, 2.45) is 0 Å². The van der Waals surface area contributed by atoms with Crippen molar-refractivity contribution in [2.45, 2.75) is 16.8 Å². The van der Waals surface area contributed by atoms with Gasteiger partial charge < -0.3 is 4.74 Å². The average Bonchev–Trinajstić information content (AvgIpc) is 2.35. The highest BCUT2D eigenvalue weighted by Gasteiger charge is 2.09. The lowest BCUT2D eigenvalue weighted by Gasteiger charge is -2.09. The van der Waals surface area contributed by atoms with E-state index in [1.165, 1.54) is 5.56 Å². The Balaban J connectivity index is 2.35. The van der Waals surface area contributed by atoms with Crippen LogP contribution in [0.5, 0.6) is 5.75 Å². The SMILES string of the molecule is COc1ccccc1Sc1nccc(C)c1Br. The molecule has 0 atom stereocenters. The van der Waals surface area contributed by atoms with Gasteiger partial charge in [-0.15, -0.1) is 0 Å². The maximum atomic E-state index is 5.32. The third-order valence-corrected chi connectivity index (χ3v) is 4.65. The molecular weight excluding hydrogens is 298 g/mol. The molecule has 0 bridgehead atoms. The molecule has 0 saturated heterocycles. The van der Waals surface area contributed by atoms with E-state index in [9.17, 15) is 0 Å². The zero-order valence-electron chi connectivity index (χ0n) is 9.61. The summed E-state index contributed by atoms with van der Waals surface area (Å²) in [5, 5.41) is 0.953. The maximum Gasteiger partial charge on any atom is 0.132 e. The lowest BCUT2D eigenvalue weighted by molar-refractivity contribution is 0.405. The number of rotatable bonds is 3. The summed E-state index contributed by atoms with van der Waals surface area (Å²) in [6.07, 6.45) is 1.82. The minimum absolute atomic E-state index is 0.868. The molecule has 0 fully saturated rings. The van der Waals surface area contributed by atoms with Crippen molar-refractivity contribution < 1.29 is 4.74 Å². The van der Waals surface area contributed by atoms with Crippen molar-refractivity contribution in [1.29, 1.82) is 0 Å². The third-order valence-electron chi connectivity index (χ3n) is 2.33. The van der Waals surface area contributed by atoms with E-state index in [-0.39, 0.29) is 0 Å². The number of halogens is 1. The molecule has 0 amide bonds. The molecular formula is C13H12BrNOS. The molecule has 1 aromatic carbocycles. The Morgan fingerprint density at radius 3 is 2.76 bits per heavy atom. The van der Waals surface area contributed by atoms with E-state index in [2.05, 4.69) is 27.8 Å². The molecule has 0 spiro atoms. The standard InChI is InChI=1S/C13H12BrNOS/c1-9-7-8-15-13(12(9)14)17-11-6-4-3-5-10(11)16-2/h3-8H,1-2H3. The zero-order valence-corrected chi connectivity index (χ0v) is 12.0. The fourth-order valence-corrected chi connectivity index (χ4v) is 2.84. The van der Waals surface area contributed by atoms with E-state index in [4.69, 9.17) is 4.74 Å². The minimum atomic E-state index is 0.868. The van der Waals surface area contributed by atoms with Crippen LogP contribution in [-0.2, 0) is 0 Å². The van der Waals surface area contributed by atoms with Gasteiger partial charge in [0.05, 0.1) is 16.5 Å². The molecule has 1 heterocycles. The molecule has 2 nitrogen and oxygen atoms in total. The van der Waals surface area contributed by atoms with Gasteiger partial charge >= 0.3 is 0 Å². The van der Waals surface area contributed by atoms with E-state index in [1.807, 2.05) is 36.5 Å². The van der Waals surface area contributed by atoms with Crippen molar-refractivity contribution in [3.8, 4) is 5.75 Å². The van der Waals surface area contributed by atoms with Crippen LogP contribution in [0.15, 0.2) is 50.9 Å². The molecule has 0 radical (unpaired) electrons. The number of hydrogen-bond acceptors (Lipinski definition) is 3. The van der Waals surface area contributed by atoms with Crippen LogP contribution in [0.4, 0.5) is 0 Å². The topological polar surface area (TPSA) is 22.1 Å². The summed E-state index contributed by atoms with van der Waals surface area (Å²) in [6.45, 7) is 2.05.